The van der Waals surface area contributed by atoms with E-state index in [0.29, 0.717) is 13.1 Å². The van der Waals surface area contributed by atoms with Crippen LogP contribution in [0.15, 0.2) is 30.7 Å². The van der Waals surface area contributed by atoms with Crippen molar-refractivity contribution >= 4 is 16.8 Å². The minimum absolute atomic E-state index is 0.0341. The third-order valence-electron chi connectivity index (χ3n) is 2.26. The topological polar surface area (TPSA) is 46.9 Å². The molecule has 2 aromatic rings. The molecule has 17 heavy (non-hydrogen) atoms. The first-order chi connectivity index (χ1) is 8.31. The summed E-state index contributed by atoms with van der Waals surface area (Å²) in [7, 11) is 0. The highest BCUT2D eigenvalue weighted by Gasteiger charge is 2.04. The van der Waals surface area contributed by atoms with Gasteiger partial charge in [0.1, 0.15) is 6.54 Å². The second-order valence-electron chi connectivity index (χ2n) is 3.33. The van der Waals surface area contributed by atoms with Crippen molar-refractivity contribution in [1.29, 1.82) is 0 Å². The predicted octanol–water partition coefficient (Wildman–Crippen LogP) is 2.20. The van der Waals surface area contributed by atoms with Gasteiger partial charge in [-0.2, -0.15) is 0 Å². The molecule has 0 radical (unpaired) electrons. The molecule has 0 unspecified atom stereocenters. The first-order valence-corrected chi connectivity index (χ1v) is 5.97. The number of nitrogens with zero attached hydrogens (tertiary/aromatic N) is 2. The Labute approximate surface area is 102 Å². The Bertz CT molecular complexity index is 476. The van der Waals surface area contributed by atoms with E-state index in [0.717, 1.165) is 10.9 Å². The molecule has 4 nitrogen and oxygen atoms in total. The SMILES string of the molecule is CC.CCNC(=O)Cn1ccc2cnccc21. The fraction of sp³-hybridized carbons (Fsp3) is 0.385. The minimum Gasteiger partial charge on any atom is -0.355 e. The Morgan fingerprint density at radius 1 is 1.41 bits per heavy atom. The largest absolute Gasteiger partial charge is 0.355 e. The van der Waals surface area contributed by atoms with Crippen LogP contribution < -0.4 is 5.32 Å². The Morgan fingerprint density at radius 3 is 2.88 bits per heavy atom. The van der Waals surface area contributed by atoms with Gasteiger partial charge in [-0.05, 0) is 19.1 Å². The van der Waals surface area contributed by atoms with Crippen LogP contribution in [0.5, 0.6) is 0 Å². The van der Waals surface area contributed by atoms with Crippen LogP contribution in [0, 0.1) is 0 Å². The van der Waals surface area contributed by atoms with Gasteiger partial charge in [0.2, 0.25) is 5.91 Å². The molecule has 0 aliphatic carbocycles. The molecule has 0 aromatic carbocycles. The second kappa shape index (κ2) is 6.68. The summed E-state index contributed by atoms with van der Waals surface area (Å²) in [5.41, 5.74) is 1.04. The number of carbonyl (C=O) groups excluding carboxylic acids is 1. The van der Waals surface area contributed by atoms with E-state index >= 15 is 0 Å². The third kappa shape index (κ3) is 3.31. The van der Waals surface area contributed by atoms with Crippen LogP contribution >= 0.6 is 0 Å². The van der Waals surface area contributed by atoms with Crippen molar-refractivity contribution in [2.24, 2.45) is 0 Å². The normalized spacial score (nSPS) is 9.59. The molecule has 0 bridgehead atoms. The van der Waals surface area contributed by atoms with Gasteiger partial charge in [0, 0.05) is 30.5 Å². The number of fused-ring (bicyclic) bond motifs is 1. The monoisotopic (exact) mass is 233 g/mol. The number of likely N-dealkylation sites (N-methyl/N-ethyl adjacent to an activating group) is 1. The molecule has 0 saturated heterocycles. The van der Waals surface area contributed by atoms with Crippen LogP contribution in [0.3, 0.4) is 0 Å². The van der Waals surface area contributed by atoms with E-state index in [4.69, 9.17) is 0 Å². The van der Waals surface area contributed by atoms with E-state index in [1.165, 1.54) is 0 Å². The van der Waals surface area contributed by atoms with Gasteiger partial charge in [-0.1, -0.05) is 13.8 Å². The summed E-state index contributed by atoms with van der Waals surface area (Å²) < 4.78 is 1.92. The van der Waals surface area contributed by atoms with E-state index in [1.54, 1.807) is 12.4 Å². The van der Waals surface area contributed by atoms with Gasteiger partial charge in [0.25, 0.3) is 0 Å². The number of hydrogen-bond acceptors (Lipinski definition) is 2. The average Bonchev–Trinajstić information content (AvgIpc) is 2.76. The van der Waals surface area contributed by atoms with Gasteiger partial charge in [0.15, 0.2) is 0 Å². The predicted molar refractivity (Wildman–Crippen MR) is 69.8 cm³/mol. The molecule has 0 fully saturated rings. The Hall–Kier alpha value is -1.84. The molecule has 92 valence electrons. The molecule has 0 saturated carbocycles. The number of amides is 1. The molecular formula is C13H19N3O. The lowest BCUT2D eigenvalue weighted by atomic mass is 10.3. The lowest BCUT2D eigenvalue weighted by Crippen LogP contribution is -2.26. The number of aromatic nitrogens is 2. The van der Waals surface area contributed by atoms with E-state index in [1.807, 2.05) is 43.7 Å². The number of rotatable bonds is 3. The summed E-state index contributed by atoms with van der Waals surface area (Å²) in [6.45, 7) is 6.94. The molecule has 0 atom stereocenters. The fourth-order valence-electron chi connectivity index (χ4n) is 1.59. The molecule has 2 heterocycles. The lowest BCUT2D eigenvalue weighted by Gasteiger charge is -2.04. The summed E-state index contributed by atoms with van der Waals surface area (Å²) in [4.78, 5) is 15.4. The molecular weight excluding hydrogens is 214 g/mol. The maximum atomic E-state index is 11.4. The first kappa shape index (κ1) is 13.2. The van der Waals surface area contributed by atoms with E-state index < -0.39 is 0 Å². The molecule has 0 aliphatic rings. The van der Waals surface area contributed by atoms with Crippen LogP contribution in [0.1, 0.15) is 20.8 Å². The average molecular weight is 233 g/mol. The van der Waals surface area contributed by atoms with Crippen molar-refractivity contribution < 1.29 is 4.79 Å². The Morgan fingerprint density at radius 2 is 2.18 bits per heavy atom. The molecule has 2 aromatic heterocycles. The number of hydrogen-bond donors (Lipinski definition) is 1. The van der Waals surface area contributed by atoms with Gasteiger partial charge < -0.3 is 9.88 Å². The summed E-state index contributed by atoms with van der Waals surface area (Å²) in [6.07, 6.45) is 5.43. The third-order valence-corrected chi connectivity index (χ3v) is 2.26. The fourth-order valence-corrected chi connectivity index (χ4v) is 1.59. The van der Waals surface area contributed by atoms with Crippen LogP contribution in [-0.4, -0.2) is 22.0 Å². The summed E-state index contributed by atoms with van der Waals surface area (Å²) >= 11 is 0. The van der Waals surface area contributed by atoms with E-state index in [9.17, 15) is 4.79 Å². The maximum Gasteiger partial charge on any atom is 0.239 e. The summed E-state index contributed by atoms with van der Waals surface area (Å²) in [5, 5.41) is 3.83. The van der Waals surface area contributed by atoms with Gasteiger partial charge in [-0.3, -0.25) is 9.78 Å². The van der Waals surface area contributed by atoms with Crippen molar-refractivity contribution in [3.8, 4) is 0 Å². The van der Waals surface area contributed by atoms with Crippen LogP contribution in [0.2, 0.25) is 0 Å². The van der Waals surface area contributed by atoms with E-state index in [-0.39, 0.29) is 5.91 Å². The van der Waals surface area contributed by atoms with Gasteiger partial charge >= 0.3 is 0 Å². The molecule has 2 rings (SSSR count). The molecule has 0 spiro atoms. The molecule has 4 heteroatoms. The number of carbonyl (C=O) groups is 1. The highest BCUT2D eigenvalue weighted by molar-refractivity contribution is 5.82. The maximum absolute atomic E-state index is 11.4. The molecule has 0 aliphatic heterocycles. The zero-order chi connectivity index (χ0) is 12.7. The van der Waals surface area contributed by atoms with Gasteiger partial charge in [-0.25, -0.2) is 0 Å². The van der Waals surface area contributed by atoms with Crippen LogP contribution in [0.25, 0.3) is 10.9 Å². The zero-order valence-corrected chi connectivity index (χ0v) is 10.6. The Kier molecular flexibility index (Phi) is 5.20. The highest BCUT2D eigenvalue weighted by Crippen LogP contribution is 2.13. The molecule has 1 amide bonds. The number of nitrogens with one attached hydrogen (secondary N) is 1. The minimum atomic E-state index is 0.0341. The zero-order valence-electron chi connectivity index (χ0n) is 10.6. The van der Waals surface area contributed by atoms with Crippen molar-refractivity contribution in [1.82, 2.24) is 14.9 Å². The van der Waals surface area contributed by atoms with E-state index in [2.05, 4.69) is 10.3 Å². The second-order valence-corrected chi connectivity index (χ2v) is 3.33. The summed E-state index contributed by atoms with van der Waals surface area (Å²) in [6, 6.07) is 3.87. The van der Waals surface area contributed by atoms with Crippen molar-refractivity contribution in [3.05, 3.63) is 30.7 Å². The standard InChI is InChI=1S/C11H13N3O.C2H6/c1-2-13-11(15)8-14-6-4-9-7-12-5-3-10(9)14;1-2/h3-7H,2,8H2,1H3,(H,13,15);1-2H3. The van der Waals surface area contributed by atoms with Crippen LogP contribution in [-0.2, 0) is 11.3 Å². The van der Waals surface area contributed by atoms with Crippen LogP contribution in [0.4, 0.5) is 0 Å². The van der Waals surface area contributed by atoms with Gasteiger partial charge in [0.05, 0.1) is 5.52 Å². The van der Waals surface area contributed by atoms with Gasteiger partial charge in [-0.15, -0.1) is 0 Å². The molecule has 1 N–H and O–H groups in total. The highest BCUT2D eigenvalue weighted by atomic mass is 16.1. The first-order valence-electron chi connectivity index (χ1n) is 5.97. The van der Waals surface area contributed by atoms with Crippen molar-refractivity contribution in [2.75, 3.05) is 6.54 Å². The Balaban J connectivity index is 0.000000686. The quantitative estimate of drug-likeness (QED) is 0.883. The lowest BCUT2D eigenvalue weighted by molar-refractivity contribution is -0.121. The number of pyridine rings is 1. The van der Waals surface area contributed by atoms with Crippen molar-refractivity contribution in [2.45, 2.75) is 27.3 Å². The van der Waals surface area contributed by atoms with Crippen molar-refractivity contribution in [3.63, 3.8) is 0 Å². The summed E-state index contributed by atoms with van der Waals surface area (Å²) in [5.74, 6) is 0.0341. The smallest absolute Gasteiger partial charge is 0.239 e.